The second kappa shape index (κ2) is 11.3. The van der Waals surface area contributed by atoms with E-state index in [0.717, 1.165) is 11.8 Å². The van der Waals surface area contributed by atoms with Gasteiger partial charge < -0.3 is 20.1 Å². The average molecular weight is 524 g/mol. The number of carbonyl (C=O) groups is 2. The van der Waals surface area contributed by atoms with Gasteiger partial charge in [-0.1, -0.05) is 42.5 Å². The molecule has 3 aromatic carbocycles. The van der Waals surface area contributed by atoms with Crippen molar-refractivity contribution in [3.05, 3.63) is 83.9 Å². The number of fused-ring (bicyclic) bond motifs is 1. The molecular weight excluding hydrogens is 494 g/mol. The molecule has 0 saturated carbocycles. The summed E-state index contributed by atoms with van der Waals surface area (Å²) >= 11 is 0. The number of carbonyl (C=O) groups excluding carboxylic acids is 2. The van der Waals surface area contributed by atoms with Crippen molar-refractivity contribution in [2.45, 2.75) is 25.8 Å². The Hall–Kier alpha value is -4.05. The van der Waals surface area contributed by atoms with Crippen molar-refractivity contribution in [1.29, 1.82) is 0 Å². The van der Waals surface area contributed by atoms with Gasteiger partial charge >= 0.3 is 0 Å². The van der Waals surface area contributed by atoms with Gasteiger partial charge in [-0.15, -0.1) is 0 Å². The monoisotopic (exact) mass is 523 g/mol. The molecule has 0 radical (unpaired) electrons. The standard InChI is InChI=1S/C27H29N3O6S/c1-19(20-9-4-3-5-10-20)28-27(32)22-11-6-7-12-23(22)29-26(31)13-8-16-30(37(2,33)34)21-14-15-24-25(17-21)36-18-35-24/h3-7,9-12,14-15,17,19H,8,13,16,18H2,1-2H3,(H,28,32)(H,29,31)/t19-/m0/s1. The van der Waals surface area contributed by atoms with Crippen LogP contribution in [0.3, 0.4) is 0 Å². The van der Waals surface area contributed by atoms with Crippen LogP contribution in [0.5, 0.6) is 11.5 Å². The topological polar surface area (TPSA) is 114 Å². The lowest BCUT2D eigenvalue weighted by Crippen LogP contribution is -2.31. The summed E-state index contributed by atoms with van der Waals surface area (Å²) in [6.45, 7) is 2.08. The van der Waals surface area contributed by atoms with Gasteiger partial charge in [0, 0.05) is 19.0 Å². The van der Waals surface area contributed by atoms with Gasteiger partial charge in [-0.3, -0.25) is 13.9 Å². The van der Waals surface area contributed by atoms with E-state index in [4.69, 9.17) is 9.47 Å². The third kappa shape index (κ3) is 6.59. The minimum Gasteiger partial charge on any atom is -0.454 e. The van der Waals surface area contributed by atoms with Crippen molar-refractivity contribution in [3.63, 3.8) is 0 Å². The Morgan fingerprint density at radius 2 is 1.68 bits per heavy atom. The molecule has 1 atom stereocenters. The number of hydrogen-bond acceptors (Lipinski definition) is 6. The zero-order valence-electron chi connectivity index (χ0n) is 20.6. The van der Waals surface area contributed by atoms with Gasteiger partial charge in [0.1, 0.15) is 0 Å². The minimum absolute atomic E-state index is 0.0624. The molecule has 4 rings (SSSR count). The number of amides is 2. The first-order chi connectivity index (χ1) is 17.7. The summed E-state index contributed by atoms with van der Waals surface area (Å²) < 4.78 is 36.7. The molecule has 1 heterocycles. The second-order valence-corrected chi connectivity index (χ2v) is 10.6. The van der Waals surface area contributed by atoms with Gasteiger partial charge in [-0.2, -0.15) is 0 Å². The van der Waals surface area contributed by atoms with E-state index >= 15 is 0 Å². The van der Waals surface area contributed by atoms with Crippen molar-refractivity contribution in [2.75, 3.05) is 29.2 Å². The van der Waals surface area contributed by atoms with E-state index in [1.807, 2.05) is 37.3 Å². The molecule has 9 nitrogen and oxygen atoms in total. The molecule has 1 aliphatic heterocycles. The molecule has 0 bridgehead atoms. The van der Waals surface area contributed by atoms with Gasteiger partial charge in [-0.25, -0.2) is 8.42 Å². The van der Waals surface area contributed by atoms with Crippen LogP contribution in [0, 0.1) is 0 Å². The maximum absolute atomic E-state index is 12.9. The number of nitrogens with one attached hydrogen (secondary N) is 2. The van der Waals surface area contributed by atoms with Crippen LogP contribution in [0.15, 0.2) is 72.8 Å². The lowest BCUT2D eigenvalue weighted by molar-refractivity contribution is -0.116. The number of nitrogens with zero attached hydrogens (tertiary/aromatic N) is 1. The van der Waals surface area contributed by atoms with E-state index in [1.165, 1.54) is 4.31 Å². The summed E-state index contributed by atoms with van der Waals surface area (Å²) in [6, 6.07) is 21.0. The van der Waals surface area contributed by atoms with Gasteiger partial charge in [0.25, 0.3) is 5.91 Å². The number of rotatable bonds is 10. The Morgan fingerprint density at radius 1 is 0.973 bits per heavy atom. The van der Waals surface area contributed by atoms with Crippen LogP contribution in [-0.4, -0.2) is 39.8 Å². The summed E-state index contributed by atoms with van der Waals surface area (Å²) in [5.41, 5.74) is 2.13. The Kier molecular flexibility index (Phi) is 7.98. The van der Waals surface area contributed by atoms with E-state index in [-0.39, 0.29) is 44.0 Å². The molecule has 0 spiro atoms. The number of para-hydroxylation sites is 1. The maximum atomic E-state index is 12.9. The first-order valence-corrected chi connectivity index (χ1v) is 13.7. The lowest BCUT2D eigenvalue weighted by Gasteiger charge is -2.22. The molecule has 3 aromatic rings. The average Bonchev–Trinajstić information content (AvgIpc) is 3.34. The Balaban J connectivity index is 1.37. The highest BCUT2D eigenvalue weighted by Crippen LogP contribution is 2.36. The van der Waals surface area contributed by atoms with Crippen molar-refractivity contribution in [1.82, 2.24) is 5.32 Å². The molecule has 2 amide bonds. The van der Waals surface area contributed by atoms with Gasteiger partial charge in [0.15, 0.2) is 11.5 Å². The molecule has 0 unspecified atom stereocenters. The highest BCUT2D eigenvalue weighted by molar-refractivity contribution is 7.92. The van der Waals surface area contributed by atoms with Crippen LogP contribution in [-0.2, 0) is 14.8 Å². The summed E-state index contributed by atoms with van der Waals surface area (Å²) in [5.74, 6) is 0.395. The van der Waals surface area contributed by atoms with Crippen molar-refractivity contribution in [2.24, 2.45) is 0 Å². The molecule has 0 aliphatic carbocycles. The summed E-state index contributed by atoms with van der Waals surface area (Å²) in [7, 11) is -3.59. The van der Waals surface area contributed by atoms with Crippen LogP contribution in [0.25, 0.3) is 0 Å². The number of anilines is 2. The molecule has 2 N–H and O–H groups in total. The zero-order valence-corrected chi connectivity index (χ0v) is 21.5. The van der Waals surface area contributed by atoms with Gasteiger partial charge in [0.05, 0.1) is 29.2 Å². The quantitative estimate of drug-likeness (QED) is 0.414. The number of hydrogen-bond donors (Lipinski definition) is 2. The fourth-order valence-corrected chi connectivity index (χ4v) is 4.97. The Bertz CT molecular complexity index is 1380. The summed E-state index contributed by atoms with van der Waals surface area (Å²) in [4.78, 5) is 25.6. The van der Waals surface area contributed by atoms with Crippen LogP contribution < -0.4 is 24.4 Å². The molecular formula is C27H29N3O6S. The van der Waals surface area contributed by atoms with Crippen LogP contribution >= 0.6 is 0 Å². The zero-order chi connectivity index (χ0) is 26.4. The minimum atomic E-state index is -3.59. The normalized spacial score (nSPS) is 13.0. The number of benzene rings is 3. The molecule has 1 aliphatic rings. The maximum Gasteiger partial charge on any atom is 0.253 e. The van der Waals surface area contributed by atoms with Crippen LogP contribution in [0.2, 0.25) is 0 Å². The molecule has 37 heavy (non-hydrogen) atoms. The second-order valence-electron chi connectivity index (χ2n) is 8.68. The predicted octanol–water partition coefficient (Wildman–Crippen LogP) is 4.09. The van der Waals surface area contributed by atoms with E-state index in [9.17, 15) is 18.0 Å². The molecule has 0 fully saturated rings. The molecule has 10 heteroatoms. The molecule has 0 aromatic heterocycles. The predicted molar refractivity (Wildman–Crippen MR) is 141 cm³/mol. The fraction of sp³-hybridized carbons (Fsp3) is 0.259. The van der Waals surface area contributed by atoms with Crippen molar-refractivity contribution < 1.29 is 27.5 Å². The van der Waals surface area contributed by atoms with E-state index in [0.29, 0.717) is 28.4 Å². The third-order valence-electron chi connectivity index (χ3n) is 5.90. The van der Waals surface area contributed by atoms with Crippen molar-refractivity contribution in [3.8, 4) is 11.5 Å². The first-order valence-electron chi connectivity index (χ1n) is 11.8. The highest BCUT2D eigenvalue weighted by atomic mass is 32.2. The number of ether oxygens (including phenoxy) is 2. The third-order valence-corrected chi connectivity index (χ3v) is 7.10. The summed E-state index contributed by atoms with van der Waals surface area (Å²) in [6.07, 6.45) is 1.45. The van der Waals surface area contributed by atoms with Crippen molar-refractivity contribution >= 4 is 33.2 Å². The summed E-state index contributed by atoms with van der Waals surface area (Å²) in [5, 5.41) is 5.74. The SMILES string of the molecule is C[C@H](NC(=O)c1ccccc1NC(=O)CCCN(c1ccc2c(c1)OCO2)S(C)(=O)=O)c1ccccc1. The first kappa shape index (κ1) is 26.0. The van der Waals surface area contributed by atoms with Gasteiger partial charge in [0.2, 0.25) is 22.7 Å². The van der Waals surface area contributed by atoms with Gasteiger partial charge in [-0.05, 0) is 43.2 Å². The number of sulfonamides is 1. The fourth-order valence-electron chi connectivity index (χ4n) is 4.01. The van der Waals surface area contributed by atoms with E-state index in [1.54, 1.807) is 42.5 Å². The van der Waals surface area contributed by atoms with E-state index < -0.39 is 10.0 Å². The molecule has 194 valence electrons. The lowest BCUT2D eigenvalue weighted by atomic mass is 10.1. The van der Waals surface area contributed by atoms with Crippen LogP contribution in [0.1, 0.15) is 41.7 Å². The highest BCUT2D eigenvalue weighted by Gasteiger charge is 2.22. The largest absolute Gasteiger partial charge is 0.454 e. The Morgan fingerprint density at radius 3 is 2.43 bits per heavy atom. The smallest absolute Gasteiger partial charge is 0.253 e. The van der Waals surface area contributed by atoms with E-state index in [2.05, 4.69) is 10.6 Å². The molecule has 0 saturated heterocycles. The Labute approximate surface area is 216 Å². The van der Waals surface area contributed by atoms with Crippen LogP contribution in [0.4, 0.5) is 11.4 Å².